The maximum absolute atomic E-state index is 12.6. The molecule has 2 aromatic carbocycles. The van der Waals surface area contributed by atoms with Crippen molar-refractivity contribution in [2.45, 2.75) is 12.0 Å². The first-order valence-electron chi connectivity index (χ1n) is 6.71. The lowest BCUT2D eigenvalue weighted by atomic mass is 9.77. The van der Waals surface area contributed by atoms with E-state index in [1.165, 1.54) is 0 Å². The number of benzene rings is 2. The molecule has 0 fully saturated rings. The minimum absolute atomic E-state index is 0.124. The minimum atomic E-state index is -0.963. The van der Waals surface area contributed by atoms with Crippen LogP contribution < -0.4 is 10.6 Å². The molecular formula is C16H14N2O2. The van der Waals surface area contributed by atoms with E-state index in [4.69, 9.17) is 0 Å². The van der Waals surface area contributed by atoms with E-state index in [-0.39, 0.29) is 11.7 Å². The molecule has 1 atom stereocenters. The van der Waals surface area contributed by atoms with Crippen molar-refractivity contribution in [1.29, 1.82) is 0 Å². The number of carbonyl (C=O) groups excluding carboxylic acids is 1. The number of para-hydroxylation sites is 1. The third-order valence-electron chi connectivity index (χ3n) is 4.21. The van der Waals surface area contributed by atoms with E-state index < -0.39 is 5.54 Å². The first-order chi connectivity index (χ1) is 9.73. The van der Waals surface area contributed by atoms with E-state index in [1.807, 2.05) is 36.4 Å². The lowest BCUT2D eigenvalue weighted by Crippen LogP contribution is -2.52. The molecule has 0 bridgehead atoms. The van der Waals surface area contributed by atoms with Crippen LogP contribution in [-0.2, 0) is 16.8 Å². The van der Waals surface area contributed by atoms with Crippen molar-refractivity contribution in [3.63, 3.8) is 0 Å². The van der Waals surface area contributed by atoms with Gasteiger partial charge in [-0.25, -0.2) is 0 Å². The van der Waals surface area contributed by atoms with Crippen LogP contribution in [0.4, 0.5) is 5.69 Å². The average Bonchev–Trinajstić information content (AvgIpc) is 2.73. The Morgan fingerprint density at radius 1 is 1.10 bits per heavy atom. The highest BCUT2D eigenvalue weighted by Gasteiger charge is 2.51. The average molecular weight is 266 g/mol. The Kier molecular flexibility index (Phi) is 2.20. The molecule has 4 nitrogen and oxygen atoms in total. The summed E-state index contributed by atoms with van der Waals surface area (Å²) in [5.74, 6) is 0.0442. The van der Waals surface area contributed by atoms with E-state index in [2.05, 4.69) is 10.6 Å². The Labute approximate surface area is 116 Å². The molecule has 100 valence electrons. The third-order valence-corrected chi connectivity index (χ3v) is 4.21. The molecular weight excluding hydrogens is 252 g/mol. The zero-order valence-corrected chi connectivity index (χ0v) is 10.8. The standard InChI is InChI=1S/C16H14N2O2/c19-13-7-3-4-10-8-9-17-16(14(10)13)11-5-1-2-6-12(11)18-15(16)20/h1-7,17,19H,8-9H2,(H,18,20). The van der Waals surface area contributed by atoms with E-state index in [9.17, 15) is 9.90 Å². The SMILES string of the molecule is O=C1Nc2ccccc2C12NCCc1cccc(O)c12. The van der Waals surface area contributed by atoms with E-state index in [0.29, 0.717) is 12.1 Å². The van der Waals surface area contributed by atoms with Crippen molar-refractivity contribution >= 4 is 11.6 Å². The molecule has 2 aliphatic rings. The molecule has 2 heterocycles. The van der Waals surface area contributed by atoms with Crippen LogP contribution in [0.3, 0.4) is 0 Å². The fourth-order valence-corrected chi connectivity index (χ4v) is 3.38. The Morgan fingerprint density at radius 2 is 1.95 bits per heavy atom. The summed E-state index contributed by atoms with van der Waals surface area (Å²) in [6, 6.07) is 13.1. The second-order valence-corrected chi connectivity index (χ2v) is 5.24. The summed E-state index contributed by atoms with van der Waals surface area (Å²) in [4.78, 5) is 12.6. The van der Waals surface area contributed by atoms with Gasteiger partial charge in [-0.1, -0.05) is 30.3 Å². The van der Waals surface area contributed by atoms with Gasteiger partial charge < -0.3 is 10.4 Å². The Balaban J connectivity index is 2.07. The van der Waals surface area contributed by atoms with Gasteiger partial charge in [-0.2, -0.15) is 0 Å². The topological polar surface area (TPSA) is 61.4 Å². The van der Waals surface area contributed by atoms with Crippen LogP contribution in [0.5, 0.6) is 5.75 Å². The molecule has 2 aliphatic heterocycles. The zero-order valence-electron chi connectivity index (χ0n) is 10.8. The molecule has 2 aromatic rings. The number of fused-ring (bicyclic) bond motifs is 4. The number of anilines is 1. The first-order valence-corrected chi connectivity index (χ1v) is 6.71. The monoisotopic (exact) mass is 266 g/mol. The summed E-state index contributed by atoms with van der Waals surface area (Å²) in [5.41, 5.74) is 2.44. The van der Waals surface area contributed by atoms with E-state index in [1.54, 1.807) is 6.07 Å². The lowest BCUT2D eigenvalue weighted by Gasteiger charge is -2.35. The minimum Gasteiger partial charge on any atom is -0.508 e. The quantitative estimate of drug-likeness (QED) is 0.680. The molecule has 0 aliphatic carbocycles. The fourth-order valence-electron chi connectivity index (χ4n) is 3.38. The molecule has 0 aromatic heterocycles. The van der Waals surface area contributed by atoms with Gasteiger partial charge in [0.25, 0.3) is 5.91 Å². The summed E-state index contributed by atoms with van der Waals surface area (Å²) in [6.45, 7) is 0.707. The van der Waals surface area contributed by atoms with Gasteiger partial charge in [-0.05, 0) is 24.1 Å². The highest BCUT2D eigenvalue weighted by Crippen LogP contribution is 2.46. The smallest absolute Gasteiger partial charge is 0.254 e. The Bertz CT molecular complexity index is 726. The molecule has 1 unspecified atom stereocenters. The van der Waals surface area contributed by atoms with Crippen LogP contribution in [0.15, 0.2) is 42.5 Å². The van der Waals surface area contributed by atoms with Crippen LogP contribution in [0.1, 0.15) is 16.7 Å². The molecule has 1 spiro atoms. The normalized spacial score (nSPS) is 23.3. The molecule has 20 heavy (non-hydrogen) atoms. The predicted molar refractivity (Wildman–Crippen MR) is 75.7 cm³/mol. The van der Waals surface area contributed by atoms with Crippen molar-refractivity contribution in [1.82, 2.24) is 5.32 Å². The predicted octanol–water partition coefficient (Wildman–Crippen LogP) is 1.73. The molecule has 4 heteroatoms. The van der Waals surface area contributed by atoms with Crippen LogP contribution >= 0.6 is 0 Å². The van der Waals surface area contributed by atoms with Gasteiger partial charge in [0, 0.05) is 23.4 Å². The second-order valence-electron chi connectivity index (χ2n) is 5.24. The maximum atomic E-state index is 12.6. The number of rotatable bonds is 0. The van der Waals surface area contributed by atoms with Gasteiger partial charge in [0.2, 0.25) is 0 Å². The number of carbonyl (C=O) groups is 1. The van der Waals surface area contributed by atoms with Gasteiger partial charge in [-0.3, -0.25) is 10.1 Å². The van der Waals surface area contributed by atoms with E-state index >= 15 is 0 Å². The molecule has 0 saturated carbocycles. The highest BCUT2D eigenvalue weighted by atomic mass is 16.3. The van der Waals surface area contributed by atoms with Gasteiger partial charge in [0.1, 0.15) is 5.75 Å². The van der Waals surface area contributed by atoms with E-state index in [0.717, 1.165) is 23.2 Å². The molecule has 4 rings (SSSR count). The first kappa shape index (κ1) is 11.5. The largest absolute Gasteiger partial charge is 0.508 e. The van der Waals surface area contributed by atoms with Crippen LogP contribution in [0, 0.1) is 0 Å². The van der Waals surface area contributed by atoms with Gasteiger partial charge in [0.05, 0.1) is 0 Å². The van der Waals surface area contributed by atoms with Crippen molar-refractivity contribution < 1.29 is 9.90 Å². The van der Waals surface area contributed by atoms with Crippen molar-refractivity contribution in [2.24, 2.45) is 0 Å². The summed E-state index contributed by atoms with van der Waals surface area (Å²) < 4.78 is 0. The van der Waals surface area contributed by atoms with Crippen LogP contribution in [-0.4, -0.2) is 17.6 Å². The summed E-state index contributed by atoms with van der Waals surface area (Å²) in [6.07, 6.45) is 0.806. The second kappa shape index (κ2) is 3.84. The Morgan fingerprint density at radius 3 is 2.85 bits per heavy atom. The third kappa shape index (κ3) is 1.26. The van der Waals surface area contributed by atoms with Gasteiger partial charge >= 0.3 is 0 Å². The van der Waals surface area contributed by atoms with Crippen LogP contribution in [0.25, 0.3) is 0 Å². The number of hydrogen-bond donors (Lipinski definition) is 3. The zero-order chi connectivity index (χ0) is 13.7. The maximum Gasteiger partial charge on any atom is 0.254 e. The number of aromatic hydroxyl groups is 1. The van der Waals surface area contributed by atoms with Crippen molar-refractivity contribution in [2.75, 3.05) is 11.9 Å². The fraction of sp³-hybridized carbons (Fsp3) is 0.188. The summed E-state index contributed by atoms with van der Waals surface area (Å²) >= 11 is 0. The number of hydrogen-bond acceptors (Lipinski definition) is 3. The number of amides is 1. The van der Waals surface area contributed by atoms with Crippen LogP contribution in [0.2, 0.25) is 0 Å². The number of nitrogens with one attached hydrogen (secondary N) is 2. The van der Waals surface area contributed by atoms with Gasteiger partial charge in [0.15, 0.2) is 5.54 Å². The number of phenols is 1. The van der Waals surface area contributed by atoms with Crippen molar-refractivity contribution in [3.05, 3.63) is 59.2 Å². The number of phenolic OH excluding ortho intramolecular Hbond substituents is 1. The summed E-state index contributed by atoms with van der Waals surface area (Å²) in [7, 11) is 0. The summed E-state index contributed by atoms with van der Waals surface area (Å²) in [5, 5.41) is 16.5. The highest BCUT2D eigenvalue weighted by molar-refractivity contribution is 6.09. The van der Waals surface area contributed by atoms with Gasteiger partial charge in [-0.15, -0.1) is 0 Å². The molecule has 1 amide bonds. The molecule has 0 saturated heterocycles. The molecule has 0 radical (unpaired) electrons. The van der Waals surface area contributed by atoms with Crippen molar-refractivity contribution in [3.8, 4) is 5.75 Å². The lowest BCUT2D eigenvalue weighted by molar-refractivity contribution is -0.120. The Hall–Kier alpha value is -2.33. The molecule has 3 N–H and O–H groups in total.